The smallest absolute Gasteiger partial charge is 0.702 e. The topological polar surface area (TPSA) is 33.2 Å². The molecule has 0 fully saturated rings. The standard InChI is InChI=1S/B3H12N2.Rb/c1-4-3-5-2;/h3-5H2,1-2H3;/q-1;+1. The van der Waals surface area contributed by atoms with Crippen LogP contribution in [0.2, 0.25) is 0 Å². The molecule has 0 unspecified atom stereocenters. The van der Waals surface area contributed by atoms with E-state index in [-0.39, 0.29) is 58.2 Å². The molecule has 4 N–H and O–H groups in total. The van der Waals surface area contributed by atoms with Crippen LogP contribution in [0.15, 0.2) is 0 Å². The van der Waals surface area contributed by atoms with Gasteiger partial charge in [0.2, 0.25) is 0 Å². The van der Waals surface area contributed by atoms with Crippen molar-refractivity contribution in [1.82, 2.24) is 0 Å². The molecule has 0 aromatic heterocycles. The molecule has 2 nitrogen and oxygen atoms in total. The summed E-state index contributed by atoms with van der Waals surface area (Å²) < 4.78 is 0. The van der Waals surface area contributed by atoms with Gasteiger partial charge in [-0.1, -0.05) is 0 Å². The van der Waals surface area contributed by atoms with Gasteiger partial charge in [-0.05, 0) is 0 Å². The van der Waals surface area contributed by atoms with Crippen LogP contribution >= 0.6 is 0 Å². The Balaban J connectivity index is 0. The van der Waals surface area contributed by atoms with E-state index >= 15 is 0 Å². The quantitative estimate of drug-likeness (QED) is 0.374. The van der Waals surface area contributed by atoms with Crippen molar-refractivity contribution in [3.05, 3.63) is 0 Å². The number of hydrogen-bond donors (Lipinski definition) is 2. The van der Waals surface area contributed by atoms with Crippen LogP contribution in [0.4, 0.5) is 0 Å². The molecule has 0 rings (SSSR count). The molecule has 0 bridgehead atoms. The van der Waals surface area contributed by atoms with Gasteiger partial charge in [0.1, 0.15) is 16.0 Å². The van der Waals surface area contributed by atoms with E-state index in [1.807, 2.05) is 0 Å². The summed E-state index contributed by atoms with van der Waals surface area (Å²) >= 11 is 0. The van der Waals surface area contributed by atoms with E-state index in [0.717, 1.165) is 0 Å². The monoisotopic (exact) mass is 158 g/mol. The summed E-state index contributed by atoms with van der Waals surface area (Å²) in [5.74, 6) is 0. The first-order valence-corrected chi connectivity index (χ1v) is 1.15. The fourth-order valence-electron chi connectivity index (χ4n) is 0. The first kappa shape index (κ1) is 10.8. The molecule has 0 aliphatic carbocycles. The molecule has 0 spiro atoms. The van der Waals surface area contributed by atoms with Gasteiger partial charge in [-0.25, -0.2) is 0 Å². The van der Waals surface area contributed by atoms with Gasteiger partial charge in [0.25, 0.3) is 7.55 Å². The van der Waals surface area contributed by atoms with Gasteiger partial charge in [0.05, 0.1) is 0 Å². The van der Waals surface area contributed by atoms with Gasteiger partial charge < -0.3 is 10.3 Å². The Morgan fingerprint density at radius 2 is 1.50 bits per heavy atom. The predicted molar refractivity (Wildman–Crippen MR) is 32.3 cm³/mol. The van der Waals surface area contributed by atoms with Crippen molar-refractivity contribution in [3.63, 3.8) is 0 Å². The molecule has 0 heterocycles. The van der Waals surface area contributed by atoms with Crippen molar-refractivity contribution in [3.8, 4) is 0 Å². The van der Waals surface area contributed by atoms with Crippen LogP contribution in [-0.2, 0) is 0 Å². The fourth-order valence-corrected chi connectivity index (χ4v) is 0. The molecule has 0 aromatic rings. The Bertz CT molecular complexity index is 16.3. The van der Waals surface area contributed by atoms with Gasteiger partial charge >= 0.3 is 58.2 Å². The summed E-state index contributed by atoms with van der Waals surface area (Å²) in [5, 5.41) is 5.12. The predicted octanol–water partition coefficient (Wildman–Crippen LogP) is -9.32. The SMILES string of the molecule is [BH3-][NH2+][BH2-][NH2+][BH3-].[Rb+]. The summed E-state index contributed by atoms with van der Waals surface area (Å²) in [6, 6.07) is 0. The maximum absolute atomic E-state index is 2.56. The minimum Gasteiger partial charge on any atom is -0.702 e. The fraction of sp³-hybridized carbons (Fsp3) is 0. The second-order valence-corrected chi connectivity index (χ2v) is 0.333. The van der Waals surface area contributed by atoms with E-state index in [2.05, 4.69) is 10.3 Å². The molecule has 0 amide bonds. The van der Waals surface area contributed by atoms with Crippen molar-refractivity contribution < 1.29 is 68.5 Å². The Morgan fingerprint density at radius 3 is 1.50 bits per heavy atom. The van der Waals surface area contributed by atoms with Gasteiger partial charge in [-0.2, -0.15) is 0 Å². The second-order valence-electron chi connectivity index (χ2n) is 0.333. The average molecular weight is 158 g/mol. The van der Waals surface area contributed by atoms with Crippen LogP contribution in [0, 0.1) is 0 Å². The first-order chi connectivity index (χ1) is 2.41. The van der Waals surface area contributed by atoms with Gasteiger partial charge in [-0.15, -0.1) is 0 Å². The minimum absolute atomic E-state index is 0. The number of quaternary nitrogens is 2. The summed E-state index contributed by atoms with van der Waals surface area (Å²) in [6.45, 7) is 0. The van der Waals surface area contributed by atoms with Gasteiger partial charge in [0.15, 0.2) is 0 Å². The van der Waals surface area contributed by atoms with Crippen LogP contribution in [0.1, 0.15) is 0 Å². The maximum atomic E-state index is 2.56. The summed E-state index contributed by atoms with van der Waals surface area (Å²) in [7, 11) is 1.88. The molecule has 0 aliphatic heterocycles. The van der Waals surface area contributed by atoms with E-state index < -0.39 is 0 Å². The summed E-state index contributed by atoms with van der Waals surface area (Å²) in [6.07, 6.45) is 0. The van der Waals surface area contributed by atoms with Crippen LogP contribution < -0.4 is 68.5 Å². The molecule has 0 saturated heterocycles. The number of hydrogen-bond acceptors (Lipinski definition) is 0. The molecule has 6 heteroatoms. The van der Waals surface area contributed by atoms with E-state index in [0.29, 0.717) is 23.5 Å². The van der Waals surface area contributed by atoms with Gasteiger partial charge in [0, 0.05) is 0 Å². The summed E-state index contributed by atoms with van der Waals surface area (Å²) in [4.78, 5) is 0. The van der Waals surface area contributed by atoms with Crippen molar-refractivity contribution >= 4 is 23.5 Å². The van der Waals surface area contributed by atoms with E-state index in [1.54, 1.807) is 0 Å². The molecule has 0 radical (unpaired) electrons. The molecular formula is H12B3N2Rb. The average Bonchev–Trinajstić information content (AvgIpc) is 1.41. The Hall–Kier alpha value is 1.92. The van der Waals surface area contributed by atoms with Crippen LogP contribution in [0.5, 0.6) is 0 Å². The van der Waals surface area contributed by atoms with E-state index in [4.69, 9.17) is 0 Å². The molecule has 0 aliphatic rings. The maximum Gasteiger partial charge on any atom is 1.00 e. The Kier molecular flexibility index (Phi) is 18.1. The Morgan fingerprint density at radius 1 is 1.17 bits per heavy atom. The zero-order valence-electron chi connectivity index (χ0n) is 3.15. The number of nitrogens with two attached hydrogens (primary N) is 2. The third-order valence-electron chi connectivity index (χ3n) is 0. The summed E-state index contributed by atoms with van der Waals surface area (Å²) in [5.41, 5.74) is 0. The largest absolute Gasteiger partial charge is 1.00 e. The van der Waals surface area contributed by atoms with Crippen molar-refractivity contribution in [2.24, 2.45) is 0 Å². The first-order valence-electron chi connectivity index (χ1n) is 1.15. The molecule has 0 atom stereocenters. The van der Waals surface area contributed by atoms with Crippen molar-refractivity contribution in [1.29, 1.82) is 0 Å². The molecular weight excluding hydrogens is 146 g/mol. The normalized spacial score (nSPS) is 7.00. The van der Waals surface area contributed by atoms with Crippen LogP contribution in [0.25, 0.3) is 0 Å². The third kappa shape index (κ3) is 9.33. The minimum atomic E-state index is 0. The Labute approximate surface area is 90.1 Å². The molecule has 6 heavy (non-hydrogen) atoms. The van der Waals surface area contributed by atoms with Crippen LogP contribution in [-0.4, -0.2) is 23.5 Å². The van der Waals surface area contributed by atoms with Crippen molar-refractivity contribution in [2.75, 3.05) is 0 Å². The molecule has 0 aromatic carbocycles. The zero-order chi connectivity index (χ0) is 4.12. The molecule has 32 valence electrons. The van der Waals surface area contributed by atoms with E-state index in [1.165, 1.54) is 0 Å². The second kappa shape index (κ2) is 10.0. The zero-order valence-corrected chi connectivity index (χ0v) is 8.07. The van der Waals surface area contributed by atoms with Crippen molar-refractivity contribution in [2.45, 2.75) is 0 Å². The molecule has 0 saturated carbocycles. The van der Waals surface area contributed by atoms with Crippen LogP contribution in [0.3, 0.4) is 0 Å². The number of rotatable bonds is 2. The third-order valence-corrected chi connectivity index (χ3v) is 0. The van der Waals surface area contributed by atoms with E-state index in [9.17, 15) is 0 Å². The van der Waals surface area contributed by atoms with Gasteiger partial charge in [-0.3, -0.25) is 0 Å².